The van der Waals surface area contributed by atoms with Crippen LogP contribution in [-0.2, 0) is 0 Å². The first-order valence-electron chi connectivity index (χ1n) is 20.5. The molecule has 0 aromatic heterocycles. The topological polar surface area (TPSA) is 22.2 Å². The molecule has 0 saturated carbocycles. The van der Waals surface area contributed by atoms with Crippen molar-refractivity contribution >= 4 is 91.3 Å². The molecular formula is C54H37BN4O. The zero-order chi connectivity index (χ0) is 39.6. The molecule has 3 aliphatic heterocycles. The molecular weight excluding hydrogens is 731 g/mol. The van der Waals surface area contributed by atoms with Gasteiger partial charge in [-0.05, 0) is 120 Å². The number of rotatable bonds is 6. The first-order valence-corrected chi connectivity index (χ1v) is 20.5. The summed E-state index contributed by atoms with van der Waals surface area (Å²) in [5.74, 6) is 1.66. The Morgan fingerprint density at radius 1 is 0.317 bits per heavy atom. The fourth-order valence-electron chi connectivity index (χ4n) is 9.47. The van der Waals surface area contributed by atoms with Crippen molar-refractivity contribution in [1.29, 1.82) is 0 Å². The van der Waals surface area contributed by atoms with Crippen LogP contribution in [0.1, 0.15) is 0 Å². The van der Waals surface area contributed by atoms with Gasteiger partial charge in [-0.15, -0.1) is 0 Å². The molecule has 0 atom stereocenters. The van der Waals surface area contributed by atoms with Crippen molar-refractivity contribution in [2.24, 2.45) is 0 Å². The highest BCUT2D eigenvalue weighted by Gasteiger charge is 2.45. The van der Waals surface area contributed by atoms with Crippen LogP contribution in [0.3, 0.4) is 0 Å². The predicted molar refractivity (Wildman–Crippen MR) is 250 cm³/mol. The minimum atomic E-state index is -0.0895. The van der Waals surface area contributed by atoms with Gasteiger partial charge in [0.2, 0.25) is 0 Å². The van der Waals surface area contributed by atoms with E-state index < -0.39 is 0 Å². The molecule has 0 radical (unpaired) electrons. The van der Waals surface area contributed by atoms with Gasteiger partial charge in [-0.25, -0.2) is 0 Å². The fraction of sp³-hybridized carbons (Fsp3) is 0. The van der Waals surface area contributed by atoms with Crippen LogP contribution >= 0.6 is 0 Å². The highest BCUT2D eigenvalue weighted by atomic mass is 16.5. The van der Waals surface area contributed by atoms with Gasteiger partial charge in [0.15, 0.2) is 11.5 Å². The van der Waals surface area contributed by atoms with Gasteiger partial charge in [0.05, 0.1) is 17.1 Å². The third-order valence-corrected chi connectivity index (χ3v) is 11.9. The van der Waals surface area contributed by atoms with Crippen molar-refractivity contribution < 1.29 is 4.74 Å². The normalized spacial score (nSPS) is 13.0. The van der Waals surface area contributed by atoms with Gasteiger partial charge in [0.1, 0.15) is 0 Å². The Morgan fingerprint density at radius 2 is 0.767 bits per heavy atom. The highest BCUT2D eigenvalue weighted by Crippen LogP contribution is 2.54. The monoisotopic (exact) mass is 768 g/mol. The molecule has 282 valence electrons. The van der Waals surface area contributed by atoms with E-state index in [9.17, 15) is 0 Å². The van der Waals surface area contributed by atoms with Crippen molar-refractivity contribution in [3.05, 3.63) is 224 Å². The minimum Gasteiger partial charge on any atom is -0.453 e. The van der Waals surface area contributed by atoms with E-state index in [-0.39, 0.29) is 6.71 Å². The summed E-state index contributed by atoms with van der Waals surface area (Å²) in [5, 5.41) is 0. The maximum atomic E-state index is 6.91. The number of ether oxygens (including phenoxy) is 1. The first kappa shape index (κ1) is 34.1. The van der Waals surface area contributed by atoms with E-state index in [4.69, 9.17) is 4.74 Å². The van der Waals surface area contributed by atoms with Crippen molar-refractivity contribution in [3.63, 3.8) is 0 Å². The molecule has 9 aromatic carbocycles. The smallest absolute Gasteiger partial charge is 0.252 e. The number of nitrogens with zero attached hydrogens (tertiary/aromatic N) is 4. The minimum absolute atomic E-state index is 0.0895. The summed E-state index contributed by atoms with van der Waals surface area (Å²) in [5.41, 5.74) is 16.7. The van der Waals surface area contributed by atoms with E-state index >= 15 is 0 Å². The van der Waals surface area contributed by atoms with Gasteiger partial charge in [0, 0.05) is 51.2 Å². The van der Waals surface area contributed by atoms with Gasteiger partial charge in [-0.3, -0.25) is 0 Å². The molecule has 5 nitrogen and oxygen atoms in total. The molecule has 0 saturated heterocycles. The SMILES string of the molecule is c1ccc(N(c2ccccc2)c2cc3c4c(c2)N(c2ccccc2)c2cc5c(cc2B4c2ccccc2N3c2ccccc2)Oc2ccccc2N5c2ccccc2)cc1. The molecule has 0 fully saturated rings. The number of benzene rings is 9. The maximum Gasteiger partial charge on any atom is 0.252 e. The molecule has 3 heterocycles. The third kappa shape index (κ3) is 5.35. The summed E-state index contributed by atoms with van der Waals surface area (Å²) in [6, 6.07) is 80.3. The number of para-hydroxylation sites is 8. The van der Waals surface area contributed by atoms with Crippen LogP contribution in [0, 0.1) is 0 Å². The Kier molecular flexibility index (Phi) is 7.88. The average molecular weight is 769 g/mol. The van der Waals surface area contributed by atoms with Crippen molar-refractivity contribution in [3.8, 4) is 11.5 Å². The van der Waals surface area contributed by atoms with E-state index in [2.05, 4.69) is 238 Å². The molecule has 0 spiro atoms. The van der Waals surface area contributed by atoms with E-state index in [0.717, 1.165) is 79.7 Å². The van der Waals surface area contributed by atoms with Crippen LogP contribution in [0.25, 0.3) is 0 Å². The highest BCUT2D eigenvalue weighted by molar-refractivity contribution is 7.00. The second-order valence-corrected chi connectivity index (χ2v) is 15.4. The van der Waals surface area contributed by atoms with Crippen LogP contribution in [0.5, 0.6) is 11.5 Å². The lowest BCUT2D eigenvalue weighted by molar-refractivity contribution is 0.477. The molecule has 0 N–H and O–H groups in total. The average Bonchev–Trinajstić information content (AvgIpc) is 3.31. The number of hydrogen-bond acceptors (Lipinski definition) is 5. The molecule has 60 heavy (non-hydrogen) atoms. The summed E-state index contributed by atoms with van der Waals surface area (Å²) in [6.45, 7) is -0.0895. The van der Waals surface area contributed by atoms with E-state index in [0.29, 0.717) is 0 Å². The molecule has 9 aromatic rings. The number of anilines is 12. The molecule has 0 unspecified atom stereocenters. The van der Waals surface area contributed by atoms with Gasteiger partial charge in [0.25, 0.3) is 6.71 Å². The lowest BCUT2D eigenvalue weighted by atomic mass is 9.33. The molecule has 0 aliphatic carbocycles. The van der Waals surface area contributed by atoms with Crippen LogP contribution in [0.4, 0.5) is 68.2 Å². The Bertz CT molecular complexity index is 3000. The van der Waals surface area contributed by atoms with Gasteiger partial charge in [-0.2, -0.15) is 0 Å². The van der Waals surface area contributed by atoms with Gasteiger partial charge in [-0.1, -0.05) is 121 Å². The Morgan fingerprint density at radius 3 is 1.33 bits per heavy atom. The quantitative estimate of drug-likeness (QED) is 0.157. The van der Waals surface area contributed by atoms with E-state index in [1.165, 1.54) is 16.4 Å². The van der Waals surface area contributed by atoms with Crippen molar-refractivity contribution in [2.75, 3.05) is 19.6 Å². The first-order chi connectivity index (χ1) is 29.8. The van der Waals surface area contributed by atoms with Crippen molar-refractivity contribution in [1.82, 2.24) is 0 Å². The van der Waals surface area contributed by atoms with Crippen LogP contribution < -0.4 is 40.7 Å². The summed E-state index contributed by atoms with van der Waals surface area (Å²) >= 11 is 0. The molecule has 3 aliphatic rings. The fourth-order valence-corrected chi connectivity index (χ4v) is 9.47. The standard InChI is InChI=1S/C54H37BN4O/c1-6-20-38(21-7-1)56(39-22-8-2-9-23-39)43-34-50-54-51(35-43)59(42-28-14-5-15-29-42)48-37-49-53(60-52-33-19-18-32-47(52)58(49)41-26-12-4-13-27-41)36-45(48)55(54)44-30-16-17-31-46(44)57(50)40-24-10-3-11-25-40/h1-37H. The number of fused-ring (bicyclic) bond motifs is 6. The third-order valence-electron chi connectivity index (χ3n) is 11.9. The summed E-state index contributed by atoms with van der Waals surface area (Å²) in [7, 11) is 0. The molecule has 0 amide bonds. The molecule has 12 rings (SSSR count). The molecule has 6 heteroatoms. The zero-order valence-corrected chi connectivity index (χ0v) is 32.6. The maximum absolute atomic E-state index is 6.91. The Balaban J connectivity index is 1.19. The Labute approximate surface area is 350 Å². The lowest BCUT2D eigenvalue weighted by Gasteiger charge is -2.45. The van der Waals surface area contributed by atoms with Crippen molar-refractivity contribution in [2.45, 2.75) is 0 Å². The zero-order valence-electron chi connectivity index (χ0n) is 32.6. The lowest BCUT2D eigenvalue weighted by Crippen LogP contribution is -2.61. The summed E-state index contributed by atoms with van der Waals surface area (Å²) in [6.07, 6.45) is 0. The number of hydrogen-bond donors (Lipinski definition) is 0. The Hall–Kier alpha value is -7.96. The second kappa shape index (κ2) is 13.9. The molecule has 0 bridgehead atoms. The second-order valence-electron chi connectivity index (χ2n) is 15.4. The predicted octanol–water partition coefficient (Wildman–Crippen LogP) is 12.8. The summed E-state index contributed by atoms with van der Waals surface area (Å²) < 4.78 is 6.91. The van der Waals surface area contributed by atoms with Gasteiger partial charge < -0.3 is 24.3 Å². The van der Waals surface area contributed by atoms with Crippen LogP contribution in [0.15, 0.2) is 224 Å². The van der Waals surface area contributed by atoms with Gasteiger partial charge >= 0.3 is 0 Å². The van der Waals surface area contributed by atoms with E-state index in [1.54, 1.807) is 0 Å². The largest absolute Gasteiger partial charge is 0.453 e. The van der Waals surface area contributed by atoms with Crippen LogP contribution in [-0.4, -0.2) is 6.71 Å². The van der Waals surface area contributed by atoms with E-state index in [1.807, 2.05) is 6.07 Å². The van der Waals surface area contributed by atoms with Crippen LogP contribution in [0.2, 0.25) is 0 Å². The summed E-state index contributed by atoms with van der Waals surface area (Å²) in [4.78, 5) is 9.65.